The van der Waals surface area contributed by atoms with Gasteiger partial charge >= 0.3 is 0 Å². The molecule has 0 unspecified atom stereocenters. The summed E-state index contributed by atoms with van der Waals surface area (Å²) < 4.78 is 0. The molecular weight excluding hydrogens is 368 g/mol. The average Bonchev–Trinajstić information content (AvgIpc) is 2.68. The molecule has 0 bridgehead atoms. The zero-order valence-corrected chi connectivity index (χ0v) is 17.1. The highest BCUT2D eigenvalue weighted by Crippen LogP contribution is 2.24. The summed E-state index contributed by atoms with van der Waals surface area (Å²) in [5.41, 5.74) is 8.48. The van der Waals surface area contributed by atoms with E-state index >= 15 is 0 Å². The van der Waals surface area contributed by atoms with Crippen LogP contribution in [0.4, 0.5) is 22.9 Å². The van der Waals surface area contributed by atoms with Gasteiger partial charge in [0.15, 0.2) is 0 Å². The summed E-state index contributed by atoms with van der Waals surface area (Å²) >= 11 is 0. The Labute approximate surface area is 171 Å². The first-order valence-electron chi connectivity index (χ1n) is 9.77. The van der Waals surface area contributed by atoms with Crippen molar-refractivity contribution in [3.63, 3.8) is 0 Å². The SMILES string of the molecule is CC(=O)N1CCN(c2ccc(Nc3cc(NC(C)C)c(C(N)=O)cn3)cc2)CC1. The van der Waals surface area contributed by atoms with Gasteiger partial charge in [0, 0.05) is 62.8 Å². The van der Waals surface area contributed by atoms with Gasteiger partial charge < -0.3 is 26.2 Å². The number of hydrogen-bond donors (Lipinski definition) is 3. The standard InChI is InChI=1S/C21H28N6O2/c1-14(2)24-19-12-20(23-13-18(19)21(22)29)25-16-4-6-17(7-5-16)27-10-8-26(9-11-27)15(3)28/h4-7,12-14H,8-11H2,1-3H3,(H2,22,29)(H2,23,24,25). The number of anilines is 4. The van der Waals surface area contributed by atoms with E-state index in [0.29, 0.717) is 17.1 Å². The number of hydrogen-bond acceptors (Lipinski definition) is 6. The molecule has 1 aliphatic rings. The minimum Gasteiger partial charge on any atom is -0.382 e. The topological polar surface area (TPSA) is 104 Å². The number of nitrogens with one attached hydrogen (secondary N) is 2. The molecule has 2 amide bonds. The Morgan fingerprint density at radius 2 is 1.76 bits per heavy atom. The number of pyridine rings is 1. The van der Waals surface area contributed by atoms with Gasteiger partial charge in [0.2, 0.25) is 5.91 Å². The number of piperazine rings is 1. The van der Waals surface area contributed by atoms with Gasteiger partial charge in [-0.15, -0.1) is 0 Å². The summed E-state index contributed by atoms with van der Waals surface area (Å²) in [5.74, 6) is 0.243. The second-order valence-corrected chi connectivity index (χ2v) is 7.44. The third kappa shape index (κ3) is 5.16. The van der Waals surface area contributed by atoms with E-state index in [1.807, 2.05) is 30.9 Å². The summed E-state index contributed by atoms with van der Waals surface area (Å²) in [5, 5.41) is 6.49. The van der Waals surface area contributed by atoms with Crippen molar-refractivity contribution in [2.45, 2.75) is 26.8 Å². The van der Waals surface area contributed by atoms with Gasteiger partial charge in [0.25, 0.3) is 5.91 Å². The lowest BCUT2D eigenvalue weighted by Crippen LogP contribution is -2.48. The van der Waals surface area contributed by atoms with Crippen LogP contribution in [0.1, 0.15) is 31.1 Å². The highest BCUT2D eigenvalue weighted by molar-refractivity contribution is 5.98. The number of primary amides is 1. The van der Waals surface area contributed by atoms with Gasteiger partial charge in [-0.05, 0) is 38.1 Å². The maximum absolute atomic E-state index is 11.6. The summed E-state index contributed by atoms with van der Waals surface area (Å²) in [6.07, 6.45) is 1.48. The monoisotopic (exact) mass is 396 g/mol. The molecule has 1 saturated heterocycles. The molecule has 0 radical (unpaired) electrons. The minimum atomic E-state index is -0.513. The summed E-state index contributed by atoms with van der Waals surface area (Å²) in [7, 11) is 0. The molecule has 2 aromatic rings. The molecule has 1 aromatic heterocycles. The zero-order chi connectivity index (χ0) is 21.0. The van der Waals surface area contributed by atoms with E-state index in [4.69, 9.17) is 5.73 Å². The maximum atomic E-state index is 11.6. The fourth-order valence-corrected chi connectivity index (χ4v) is 3.33. The predicted molar refractivity (Wildman–Crippen MR) is 116 cm³/mol. The van der Waals surface area contributed by atoms with Crippen molar-refractivity contribution in [1.82, 2.24) is 9.88 Å². The lowest BCUT2D eigenvalue weighted by atomic mass is 10.2. The number of amides is 2. The molecule has 154 valence electrons. The van der Waals surface area contributed by atoms with E-state index in [0.717, 1.165) is 37.6 Å². The van der Waals surface area contributed by atoms with E-state index in [2.05, 4.69) is 32.7 Å². The van der Waals surface area contributed by atoms with E-state index < -0.39 is 5.91 Å². The van der Waals surface area contributed by atoms with E-state index in [1.54, 1.807) is 13.0 Å². The van der Waals surface area contributed by atoms with Crippen molar-refractivity contribution >= 4 is 34.7 Å². The molecule has 8 nitrogen and oxygen atoms in total. The van der Waals surface area contributed by atoms with Crippen LogP contribution < -0.4 is 21.3 Å². The van der Waals surface area contributed by atoms with E-state index in [-0.39, 0.29) is 11.9 Å². The summed E-state index contributed by atoms with van der Waals surface area (Å²) in [6, 6.07) is 10.0. The van der Waals surface area contributed by atoms with Crippen molar-refractivity contribution < 1.29 is 9.59 Å². The largest absolute Gasteiger partial charge is 0.382 e. The quantitative estimate of drug-likeness (QED) is 0.693. The molecule has 1 fully saturated rings. The van der Waals surface area contributed by atoms with Crippen LogP contribution in [0.3, 0.4) is 0 Å². The molecule has 2 heterocycles. The van der Waals surface area contributed by atoms with Crippen LogP contribution in [0.15, 0.2) is 36.5 Å². The molecular formula is C21H28N6O2. The Bertz CT molecular complexity index is 873. The number of aromatic nitrogens is 1. The zero-order valence-electron chi connectivity index (χ0n) is 17.1. The third-order valence-corrected chi connectivity index (χ3v) is 4.84. The minimum absolute atomic E-state index is 0.130. The Morgan fingerprint density at radius 3 is 2.31 bits per heavy atom. The number of benzene rings is 1. The number of nitrogens with two attached hydrogens (primary N) is 1. The first-order valence-corrected chi connectivity index (χ1v) is 9.77. The molecule has 4 N–H and O–H groups in total. The van der Waals surface area contributed by atoms with Crippen LogP contribution in [-0.2, 0) is 4.79 Å². The number of carbonyl (C=O) groups is 2. The Morgan fingerprint density at radius 1 is 1.10 bits per heavy atom. The predicted octanol–water partition coefficient (Wildman–Crippen LogP) is 2.41. The fraction of sp³-hybridized carbons (Fsp3) is 0.381. The molecule has 1 aliphatic heterocycles. The normalized spacial score (nSPS) is 14.1. The van der Waals surface area contributed by atoms with Gasteiger partial charge in [-0.1, -0.05) is 0 Å². The Kier molecular flexibility index (Phi) is 6.21. The van der Waals surface area contributed by atoms with Crippen LogP contribution >= 0.6 is 0 Å². The average molecular weight is 396 g/mol. The van der Waals surface area contributed by atoms with Crippen molar-refractivity contribution in [1.29, 1.82) is 0 Å². The van der Waals surface area contributed by atoms with Crippen LogP contribution in [0.2, 0.25) is 0 Å². The fourth-order valence-electron chi connectivity index (χ4n) is 3.33. The number of nitrogens with zero attached hydrogens (tertiary/aromatic N) is 3. The van der Waals surface area contributed by atoms with Gasteiger partial charge in [-0.2, -0.15) is 0 Å². The molecule has 29 heavy (non-hydrogen) atoms. The second kappa shape index (κ2) is 8.81. The van der Waals surface area contributed by atoms with Gasteiger partial charge in [-0.25, -0.2) is 4.98 Å². The van der Waals surface area contributed by atoms with Crippen molar-refractivity contribution in [3.8, 4) is 0 Å². The molecule has 0 spiro atoms. The van der Waals surface area contributed by atoms with Crippen LogP contribution in [0.25, 0.3) is 0 Å². The lowest BCUT2D eigenvalue weighted by molar-refractivity contribution is -0.129. The Balaban J connectivity index is 1.68. The van der Waals surface area contributed by atoms with E-state index in [9.17, 15) is 9.59 Å². The highest BCUT2D eigenvalue weighted by atomic mass is 16.2. The Hall–Kier alpha value is -3.29. The first-order chi connectivity index (χ1) is 13.8. The lowest BCUT2D eigenvalue weighted by Gasteiger charge is -2.35. The molecule has 0 aliphatic carbocycles. The summed E-state index contributed by atoms with van der Waals surface area (Å²) in [4.78, 5) is 31.5. The molecule has 1 aromatic carbocycles. The molecule has 0 atom stereocenters. The third-order valence-electron chi connectivity index (χ3n) is 4.84. The molecule has 3 rings (SSSR count). The van der Waals surface area contributed by atoms with Gasteiger partial charge in [0.05, 0.1) is 11.3 Å². The number of rotatable bonds is 6. The van der Waals surface area contributed by atoms with Crippen LogP contribution in [0, 0.1) is 0 Å². The second-order valence-electron chi connectivity index (χ2n) is 7.44. The van der Waals surface area contributed by atoms with Crippen molar-refractivity contribution in [2.24, 2.45) is 5.73 Å². The maximum Gasteiger partial charge on any atom is 0.252 e. The smallest absolute Gasteiger partial charge is 0.252 e. The number of carbonyl (C=O) groups excluding carboxylic acids is 2. The highest BCUT2D eigenvalue weighted by Gasteiger charge is 2.18. The van der Waals surface area contributed by atoms with Gasteiger partial charge in [-0.3, -0.25) is 9.59 Å². The van der Waals surface area contributed by atoms with Crippen LogP contribution in [0.5, 0.6) is 0 Å². The van der Waals surface area contributed by atoms with Crippen molar-refractivity contribution in [3.05, 3.63) is 42.1 Å². The van der Waals surface area contributed by atoms with Crippen molar-refractivity contribution in [2.75, 3.05) is 41.7 Å². The van der Waals surface area contributed by atoms with E-state index in [1.165, 1.54) is 6.20 Å². The molecule has 0 saturated carbocycles. The molecule has 8 heteroatoms. The van der Waals surface area contributed by atoms with Gasteiger partial charge in [0.1, 0.15) is 5.82 Å². The summed E-state index contributed by atoms with van der Waals surface area (Å²) in [6.45, 7) is 8.75. The first kappa shape index (κ1) is 20.4. The van der Waals surface area contributed by atoms with Crippen LogP contribution in [-0.4, -0.2) is 53.9 Å².